The van der Waals surface area contributed by atoms with Crippen molar-refractivity contribution in [1.82, 2.24) is 15.5 Å². The lowest BCUT2D eigenvalue weighted by atomic mass is 10.1. The second-order valence-electron chi connectivity index (χ2n) is 6.48. The van der Waals surface area contributed by atoms with E-state index in [4.69, 9.17) is 20.9 Å². The van der Waals surface area contributed by atoms with Crippen LogP contribution < -0.4 is 14.8 Å². The summed E-state index contributed by atoms with van der Waals surface area (Å²) in [5.41, 5.74) is 1.58. The van der Waals surface area contributed by atoms with Crippen molar-refractivity contribution in [2.24, 2.45) is 0 Å². The number of nitrogens with zero attached hydrogens (tertiary/aromatic N) is 2. The molecule has 0 bridgehead atoms. The number of amides is 1. The van der Waals surface area contributed by atoms with Crippen LogP contribution in [0.3, 0.4) is 0 Å². The lowest BCUT2D eigenvalue weighted by Gasteiger charge is -2.11. The molecule has 0 saturated carbocycles. The summed E-state index contributed by atoms with van der Waals surface area (Å²) in [5.74, 6) is 0.787. The zero-order valence-corrected chi connectivity index (χ0v) is 17.4. The molecule has 1 aromatic heterocycles. The van der Waals surface area contributed by atoms with Gasteiger partial charge in [-0.3, -0.25) is 4.79 Å². The van der Waals surface area contributed by atoms with Crippen LogP contribution in [0.4, 0.5) is 8.78 Å². The zero-order valence-electron chi connectivity index (χ0n) is 16.6. The molecule has 0 aliphatic rings. The number of benzene rings is 2. The van der Waals surface area contributed by atoms with Crippen molar-refractivity contribution >= 4 is 17.5 Å². The third kappa shape index (κ3) is 6.65. The second kappa shape index (κ2) is 10.7. The zero-order chi connectivity index (χ0) is 22.2. The van der Waals surface area contributed by atoms with E-state index < -0.39 is 6.61 Å². The van der Waals surface area contributed by atoms with Crippen LogP contribution in [0.1, 0.15) is 17.9 Å². The summed E-state index contributed by atoms with van der Waals surface area (Å²) >= 11 is 5.86. The quantitative estimate of drug-likeness (QED) is 0.495. The highest BCUT2D eigenvalue weighted by atomic mass is 35.5. The van der Waals surface area contributed by atoms with E-state index in [1.165, 1.54) is 13.2 Å². The molecule has 0 radical (unpaired) electrons. The van der Waals surface area contributed by atoms with Crippen LogP contribution in [0, 0.1) is 0 Å². The number of aromatic nitrogens is 2. The van der Waals surface area contributed by atoms with Gasteiger partial charge in [-0.2, -0.15) is 13.8 Å². The maximum atomic E-state index is 12.4. The van der Waals surface area contributed by atoms with Gasteiger partial charge in [0.1, 0.15) is 0 Å². The maximum Gasteiger partial charge on any atom is 0.387 e. The molecular formula is C21H20ClF2N3O4. The molecule has 31 heavy (non-hydrogen) atoms. The fourth-order valence-corrected chi connectivity index (χ4v) is 2.91. The molecule has 0 unspecified atom stereocenters. The minimum atomic E-state index is -2.93. The van der Waals surface area contributed by atoms with E-state index in [1.54, 1.807) is 36.4 Å². The number of carbonyl (C=O) groups is 1. The molecule has 0 saturated heterocycles. The lowest BCUT2D eigenvalue weighted by Crippen LogP contribution is -2.25. The molecule has 0 aliphatic carbocycles. The van der Waals surface area contributed by atoms with Crippen molar-refractivity contribution in [3.8, 4) is 22.9 Å². The average molecular weight is 452 g/mol. The number of nitrogens with one attached hydrogen (secondary N) is 1. The number of hydrogen-bond donors (Lipinski definition) is 1. The van der Waals surface area contributed by atoms with Gasteiger partial charge < -0.3 is 19.3 Å². The molecule has 2 aromatic carbocycles. The van der Waals surface area contributed by atoms with E-state index >= 15 is 0 Å². The summed E-state index contributed by atoms with van der Waals surface area (Å²) in [6.07, 6.45) is 0.991. The van der Waals surface area contributed by atoms with Crippen molar-refractivity contribution in [1.29, 1.82) is 0 Å². The number of rotatable bonds is 10. The Balaban J connectivity index is 1.44. The third-order valence-electron chi connectivity index (χ3n) is 4.32. The first-order valence-electron chi connectivity index (χ1n) is 9.41. The molecular weight excluding hydrogens is 432 g/mol. The largest absolute Gasteiger partial charge is 0.493 e. The van der Waals surface area contributed by atoms with E-state index in [1.807, 2.05) is 0 Å². The fraction of sp³-hybridized carbons (Fsp3) is 0.286. The molecule has 3 aromatic rings. The van der Waals surface area contributed by atoms with E-state index in [9.17, 15) is 13.6 Å². The van der Waals surface area contributed by atoms with Crippen LogP contribution in [-0.4, -0.2) is 36.3 Å². The van der Waals surface area contributed by atoms with Crippen LogP contribution in [0.25, 0.3) is 11.4 Å². The fourth-order valence-electron chi connectivity index (χ4n) is 2.79. The number of halogens is 3. The monoisotopic (exact) mass is 451 g/mol. The van der Waals surface area contributed by atoms with Crippen molar-refractivity contribution in [2.75, 3.05) is 13.7 Å². The Kier molecular flexibility index (Phi) is 7.77. The van der Waals surface area contributed by atoms with Crippen molar-refractivity contribution in [3.63, 3.8) is 0 Å². The van der Waals surface area contributed by atoms with Crippen LogP contribution >= 0.6 is 11.6 Å². The minimum Gasteiger partial charge on any atom is -0.493 e. The molecule has 0 aliphatic heterocycles. The second-order valence-corrected chi connectivity index (χ2v) is 6.92. The van der Waals surface area contributed by atoms with Gasteiger partial charge in [0.05, 0.1) is 7.11 Å². The number of ether oxygens (including phenoxy) is 2. The van der Waals surface area contributed by atoms with Gasteiger partial charge in [-0.1, -0.05) is 22.8 Å². The number of alkyl halides is 2. The molecule has 1 amide bonds. The number of carbonyl (C=O) groups excluding carboxylic acids is 1. The summed E-state index contributed by atoms with van der Waals surface area (Å²) < 4.78 is 39.4. The molecule has 0 atom stereocenters. The summed E-state index contributed by atoms with van der Waals surface area (Å²) in [6, 6.07) is 11.7. The van der Waals surface area contributed by atoms with Gasteiger partial charge in [0.15, 0.2) is 11.5 Å². The highest BCUT2D eigenvalue weighted by molar-refractivity contribution is 6.30. The van der Waals surface area contributed by atoms with Gasteiger partial charge in [-0.15, -0.1) is 0 Å². The Morgan fingerprint density at radius 3 is 2.65 bits per heavy atom. The first kappa shape index (κ1) is 22.5. The van der Waals surface area contributed by atoms with E-state index in [2.05, 4.69) is 20.2 Å². The first-order valence-corrected chi connectivity index (χ1v) is 9.79. The molecule has 3 rings (SSSR count). The summed E-state index contributed by atoms with van der Waals surface area (Å²) in [6.45, 7) is -2.56. The molecule has 164 valence electrons. The molecule has 0 fully saturated rings. The topological polar surface area (TPSA) is 86.5 Å². The Bertz CT molecular complexity index is 1010. The predicted molar refractivity (Wildman–Crippen MR) is 109 cm³/mol. The Labute approximate surface area is 182 Å². The van der Waals surface area contributed by atoms with Gasteiger partial charge >= 0.3 is 6.61 Å². The smallest absolute Gasteiger partial charge is 0.387 e. The van der Waals surface area contributed by atoms with Gasteiger partial charge in [0, 0.05) is 30.0 Å². The lowest BCUT2D eigenvalue weighted by molar-refractivity contribution is -0.121. The molecule has 1 N–H and O–H groups in total. The van der Waals surface area contributed by atoms with E-state index in [-0.39, 0.29) is 23.8 Å². The molecule has 1 heterocycles. The van der Waals surface area contributed by atoms with Gasteiger partial charge in [0.2, 0.25) is 17.6 Å². The summed E-state index contributed by atoms with van der Waals surface area (Å²) in [7, 11) is 1.37. The van der Waals surface area contributed by atoms with Gasteiger partial charge in [0.25, 0.3) is 0 Å². The third-order valence-corrected chi connectivity index (χ3v) is 4.57. The van der Waals surface area contributed by atoms with E-state index in [0.29, 0.717) is 36.1 Å². The number of methoxy groups -OCH3 is 1. The van der Waals surface area contributed by atoms with Crippen molar-refractivity contribution < 1.29 is 27.6 Å². The molecule has 10 heteroatoms. The van der Waals surface area contributed by atoms with Crippen LogP contribution in [0.5, 0.6) is 11.5 Å². The normalized spacial score (nSPS) is 10.9. The van der Waals surface area contributed by atoms with Crippen LogP contribution in [-0.2, 0) is 17.6 Å². The van der Waals surface area contributed by atoms with Gasteiger partial charge in [-0.25, -0.2) is 0 Å². The van der Waals surface area contributed by atoms with E-state index in [0.717, 1.165) is 11.1 Å². The SMILES string of the molecule is COc1cc(CCNC(=O)CCc2nc(-c3ccc(Cl)cc3)no2)ccc1OC(F)F. The maximum absolute atomic E-state index is 12.4. The Hall–Kier alpha value is -3.20. The predicted octanol–water partition coefficient (Wildman–Crippen LogP) is 4.29. The Morgan fingerprint density at radius 1 is 1.16 bits per heavy atom. The first-order chi connectivity index (χ1) is 14.9. The Morgan fingerprint density at radius 2 is 1.94 bits per heavy atom. The summed E-state index contributed by atoms with van der Waals surface area (Å²) in [5, 5.41) is 7.31. The number of hydrogen-bond acceptors (Lipinski definition) is 6. The molecule has 7 nitrogen and oxygen atoms in total. The van der Waals surface area contributed by atoms with Gasteiger partial charge in [-0.05, 0) is 48.4 Å². The molecule has 0 spiro atoms. The number of aryl methyl sites for hydroxylation is 1. The minimum absolute atomic E-state index is 0.0391. The van der Waals surface area contributed by atoms with Crippen molar-refractivity contribution in [3.05, 3.63) is 58.9 Å². The highest BCUT2D eigenvalue weighted by Gasteiger charge is 2.12. The average Bonchev–Trinajstić information content (AvgIpc) is 3.22. The van der Waals surface area contributed by atoms with Crippen LogP contribution in [0.2, 0.25) is 5.02 Å². The van der Waals surface area contributed by atoms with Crippen molar-refractivity contribution in [2.45, 2.75) is 25.9 Å². The van der Waals surface area contributed by atoms with Crippen LogP contribution in [0.15, 0.2) is 47.0 Å². The summed E-state index contributed by atoms with van der Waals surface area (Å²) in [4.78, 5) is 16.4. The highest BCUT2D eigenvalue weighted by Crippen LogP contribution is 2.29. The standard InChI is InChI=1S/C21H20ClF2N3O4/c1-29-17-12-13(2-7-16(17)30-21(23)24)10-11-25-18(28)8-9-19-26-20(27-31-19)14-3-5-15(22)6-4-14/h2-7,12,21H,8-11H2,1H3,(H,25,28).